The molecule has 20 heavy (non-hydrogen) atoms. The van der Waals surface area contributed by atoms with Crippen molar-refractivity contribution < 1.29 is 4.92 Å². The summed E-state index contributed by atoms with van der Waals surface area (Å²) in [6.45, 7) is 1.63. The number of rotatable bonds is 2. The van der Waals surface area contributed by atoms with Crippen LogP contribution in [0.3, 0.4) is 0 Å². The molecule has 0 atom stereocenters. The first-order chi connectivity index (χ1) is 9.60. The Morgan fingerprint density at radius 2 is 1.90 bits per heavy atom. The van der Waals surface area contributed by atoms with Crippen molar-refractivity contribution in [2.45, 2.75) is 38.5 Å². The molecule has 0 bridgehead atoms. The van der Waals surface area contributed by atoms with Gasteiger partial charge in [0.25, 0.3) is 0 Å². The largest absolute Gasteiger partial charge is 0.351 e. The lowest BCUT2D eigenvalue weighted by Crippen LogP contribution is -2.39. The molecule has 0 amide bonds. The van der Waals surface area contributed by atoms with E-state index in [1.165, 1.54) is 31.9 Å². The normalized spacial score (nSPS) is 21.4. The van der Waals surface area contributed by atoms with E-state index in [0.29, 0.717) is 11.2 Å². The zero-order valence-corrected chi connectivity index (χ0v) is 12.0. The van der Waals surface area contributed by atoms with Gasteiger partial charge in [-0.25, -0.2) is 4.98 Å². The molecule has 3 rings (SSSR count). The molecule has 6 nitrogen and oxygen atoms in total. The molecular formula is C13H17ClN4O2. The van der Waals surface area contributed by atoms with Gasteiger partial charge in [0, 0.05) is 13.1 Å². The molecule has 1 saturated carbocycles. The van der Waals surface area contributed by atoms with Crippen LogP contribution in [-0.2, 0) is 0 Å². The van der Waals surface area contributed by atoms with E-state index in [9.17, 15) is 10.1 Å². The third kappa shape index (κ3) is 2.44. The Bertz CT molecular complexity index is 521. The molecule has 2 fully saturated rings. The first kappa shape index (κ1) is 13.5. The molecule has 0 unspecified atom stereocenters. The fraction of sp³-hybridized carbons (Fsp3) is 0.692. The quantitative estimate of drug-likeness (QED) is 0.476. The van der Waals surface area contributed by atoms with Gasteiger partial charge in [0.15, 0.2) is 0 Å². The lowest BCUT2D eigenvalue weighted by atomic mass is 9.77. The average Bonchev–Trinajstić information content (AvgIpc) is 2.87. The fourth-order valence-corrected chi connectivity index (χ4v) is 3.65. The summed E-state index contributed by atoms with van der Waals surface area (Å²) in [5.74, 6) is 0.364. The van der Waals surface area contributed by atoms with Crippen molar-refractivity contribution in [1.82, 2.24) is 9.97 Å². The van der Waals surface area contributed by atoms with Crippen LogP contribution >= 0.6 is 11.6 Å². The molecule has 2 aliphatic rings. The molecule has 1 saturated heterocycles. The molecule has 1 spiro atoms. The fourth-order valence-electron chi connectivity index (χ4n) is 3.53. The van der Waals surface area contributed by atoms with E-state index in [0.717, 1.165) is 25.9 Å². The molecule has 1 aromatic heterocycles. The van der Waals surface area contributed by atoms with Gasteiger partial charge in [0.1, 0.15) is 6.20 Å². The van der Waals surface area contributed by atoms with Gasteiger partial charge in [-0.1, -0.05) is 12.8 Å². The Morgan fingerprint density at radius 1 is 1.25 bits per heavy atom. The summed E-state index contributed by atoms with van der Waals surface area (Å²) < 4.78 is 0. The van der Waals surface area contributed by atoms with Gasteiger partial charge < -0.3 is 4.90 Å². The van der Waals surface area contributed by atoms with Crippen molar-refractivity contribution in [3.8, 4) is 0 Å². The zero-order chi connectivity index (χ0) is 14.2. The molecular weight excluding hydrogens is 280 g/mol. The smallest absolute Gasteiger partial charge is 0.329 e. The molecule has 2 heterocycles. The van der Waals surface area contributed by atoms with Crippen molar-refractivity contribution in [3.05, 3.63) is 21.6 Å². The van der Waals surface area contributed by atoms with Crippen LogP contribution in [0.2, 0.25) is 5.28 Å². The molecule has 0 radical (unpaired) electrons. The number of anilines is 1. The summed E-state index contributed by atoms with van der Waals surface area (Å²) in [5.41, 5.74) is 0.416. The lowest BCUT2D eigenvalue weighted by molar-refractivity contribution is -0.384. The number of halogens is 1. The van der Waals surface area contributed by atoms with Crippen LogP contribution in [-0.4, -0.2) is 28.0 Å². The SMILES string of the molecule is O=[N+]([O-])c1cnc(Cl)nc1N1CCC2(CCCC2)CC1. The lowest BCUT2D eigenvalue weighted by Gasteiger charge is -2.39. The predicted molar refractivity (Wildman–Crippen MR) is 76.0 cm³/mol. The van der Waals surface area contributed by atoms with Gasteiger partial charge in [-0.2, -0.15) is 4.98 Å². The van der Waals surface area contributed by atoms with E-state index in [-0.39, 0.29) is 11.0 Å². The van der Waals surface area contributed by atoms with Gasteiger partial charge in [0.2, 0.25) is 11.1 Å². The molecule has 1 aliphatic carbocycles. The summed E-state index contributed by atoms with van der Waals surface area (Å²) in [6, 6.07) is 0. The summed E-state index contributed by atoms with van der Waals surface area (Å²) in [7, 11) is 0. The van der Waals surface area contributed by atoms with Crippen molar-refractivity contribution in [1.29, 1.82) is 0 Å². The molecule has 7 heteroatoms. The third-order valence-corrected chi connectivity index (χ3v) is 4.89. The minimum atomic E-state index is -0.439. The molecule has 0 aromatic carbocycles. The topological polar surface area (TPSA) is 72.2 Å². The van der Waals surface area contributed by atoms with E-state index in [1.54, 1.807) is 0 Å². The molecule has 108 valence electrons. The second-order valence-electron chi connectivity index (χ2n) is 5.80. The summed E-state index contributed by atoms with van der Waals surface area (Å²) in [6.07, 6.45) is 8.61. The molecule has 1 aliphatic heterocycles. The van der Waals surface area contributed by atoms with Gasteiger partial charge in [-0.15, -0.1) is 0 Å². The minimum Gasteiger partial charge on any atom is -0.351 e. The monoisotopic (exact) mass is 296 g/mol. The zero-order valence-electron chi connectivity index (χ0n) is 11.2. The summed E-state index contributed by atoms with van der Waals surface area (Å²) in [4.78, 5) is 20.4. The number of nitro groups is 1. The maximum absolute atomic E-state index is 11.1. The van der Waals surface area contributed by atoms with Crippen molar-refractivity contribution in [2.24, 2.45) is 5.41 Å². The van der Waals surface area contributed by atoms with Gasteiger partial charge >= 0.3 is 5.69 Å². The Hall–Kier alpha value is -1.43. The first-order valence-corrected chi connectivity index (χ1v) is 7.39. The highest BCUT2D eigenvalue weighted by molar-refractivity contribution is 6.28. The minimum absolute atomic E-state index is 0.0585. The van der Waals surface area contributed by atoms with Crippen molar-refractivity contribution in [2.75, 3.05) is 18.0 Å². The Balaban J connectivity index is 1.80. The summed E-state index contributed by atoms with van der Waals surface area (Å²) in [5, 5.41) is 11.1. The predicted octanol–water partition coefficient (Wildman–Crippen LogP) is 3.20. The van der Waals surface area contributed by atoms with Crippen LogP contribution in [0.4, 0.5) is 11.5 Å². The number of piperidine rings is 1. The maximum atomic E-state index is 11.1. The second-order valence-corrected chi connectivity index (χ2v) is 6.14. The average molecular weight is 297 g/mol. The standard InChI is InChI=1S/C13H17ClN4O2/c14-12-15-9-10(18(19)20)11(16-12)17-7-5-13(6-8-17)3-1-2-4-13/h9H,1-8H2. The Labute approximate surface area is 122 Å². The number of nitrogens with zero attached hydrogens (tertiary/aromatic N) is 4. The van der Waals surface area contributed by atoms with Crippen LogP contribution in [0.15, 0.2) is 6.20 Å². The number of hydrogen-bond donors (Lipinski definition) is 0. The molecule has 0 N–H and O–H groups in total. The van der Waals surface area contributed by atoms with E-state index in [4.69, 9.17) is 11.6 Å². The van der Waals surface area contributed by atoms with Crippen LogP contribution in [0.5, 0.6) is 0 Å². The highest BCUT2D eigenvalue weighted by atomic mass is 35.5. The Kier molecular flexibility index (Phi) is 3.50. The van der Waals surface area contributed by atoms with Crippen LogP contribution in [0, 0.1) is 15.5 Å². The van der Waals surface area contributed by atoms with E-state index < -0.39 is 4.92 Å². The van der Waals surface area contributed by atoms with Crippen LogP contribution < -0.4 is 4.90 Å². The maximum Gasteiger partial charge on any atom is 0.329 e. The van der Waals surface area contributed by atoms with Gasteiger partial charge in [-0.3, -0.25) is 10.1 Å². The van der Waals surface area contributed by atoms with Gasteiger partial charge in [0.05, 0.1) is 4.92 Å². The molecule has 1 aromatic rings. The van der Waals surface area contributed by atoms with E-state index >= 15 is 0 Å². The highest BCUT2D eigenvalue weighted by Gasteiger charge is 2.38. The summed E-state index contributed by atoms with van der Waals surface area (Å²) >= 11 is 5.79. The van der Waals surface area contributed by atoms with Gasteiger partial charge in [-0.05, 0) is 42.7 Å². The first-order valence-electron chi connectivity index (χ1n) is 7.02. The van der Waals surface area contributed by atoms with E-state index in [2.05, 4.69) is 9.97 Å². The van der Waals surface area contributed by atoms with Crippen LogP contribution in [0.1, 0.15) is 38.5 Å². The van der Waals surface area contributed by atoms with E-state index in [1.807, 2.05) is 4.90 Å². The van der Waals surface area contributed by atoms with Crippen molar-refractivity contribution >= 4 is 23.1 Å². The highest BCUT2D eigenvalue weighted by Crippen LogP contribution is 2.47. The second kappa shape index (κ2) is 5.16. The third-order valence-electron chi connectivity index (χ3n) is 4.71. The number of hydrogen-bond acceptors (Lipinski definition) is 5. The number of aromatic nitrogens is 2. The Morgan fingerprint density at radius 3 is 2.50 bits per heavy atom. The van der Waals surface area contributed by atoms with Crippen molar-refractivity contribution in [3.63, 3.8) is 0 Å². The van der Waals surface area contributed by atoms with Crippen LogP contribution in [0.25, 0.3) is 0 Å².